The molecule has 0 heterocycles. The van der Waals surface area contributed by atoms with E-state index in [1.54, 1.807) is 0 Å². The zero-order valence-corrected chi connectivity index (χ0v) is 11.4. The van der Waals surface area contributed by atoms with Crippen LogP contribution < -0.4 is 11.1 Å². The molecule has 0 aliphatic rings. The largest absolute Gasteiger partial charge is 0.409 e. The van der Waals surface area contributed by atoms with Crippen LogP contribution in [0.15, 0.2) is 47.6 Å². The number of hydrogen-bond donors (Lipinski definition) is 3. The molecule has 4 N–H and O–H groups in total. The lowest BCUT2D eigenvalue weighted by Gasteiger charge is -2.07. The van der Waals surface area contributed by atoms with Crippen LogP contribution in [0.4, 0.5) is 10.1 Å². The second kappa shape index (κ2) is 6.23. The average molecular weight is 308 g/mol. The number of hydrogen-bond acceptors (Lipinski definition) is 3. The van der Waals surface area contributed by atoms with Gasteiger partial charge in [-0.25, -0.2) is 4.39 Å². The van der Waals surface area contributed by atoms with Crippen LogP contribution in [0.25, 0.3) is 0 Å². The van der Waals surface area contributed by atoms with E-state index in [1.807, 2.05) is 0 Å². The first-order valence-electron chi connectivity index (χ1n) is 5.85. The molecule has 0 aromatic heterocycles. The Morgan fingerprint density at radius 3 is 2.38 bits per heavy atom. The first kappa shape index (κ1) is 14.8. The summed E-state index contributed by atoms with van der Waals surface area (Å²) < 4.78 is 13.6. The number of anilines is 1. The summed E-state index contributed by atoms with van der Waals surface area (Å²) in [7, 11) is 0. The van der Waals surface area contributed by atoms with E-state index in [0.717, 1.165) is 6.07 Å². The van der Waals surface area contributed by atoms with Gasteiger partial charge in [0.1, 0.15) is 5.82 Å². The van der Waals surface area contributed by atoms with Gasteiger partial charge in [-0.05, 0) is 30.3 Å². The first-order chi connectivity index (χ1) is 10.0. The summed E-state index contributed by atoms with van der Waals surface area (Å²) in [6.45, 7) is 0. The topological polar surface area (TPSA) is 87.7 Å². The van der Waals surface area contributed by atoms with E-state index < -0.39 is 11.7 Å². The lowest BCUT2D eigenvalue weighted by molar-refractivity contribution is 0.102. The summed E-state index contributed by atoms with van der Waals surface area (Å²) in [5.41, 5.74) is 6.22. The van der Waals surface area contributed by atoms with E-state index in [2.05, 4.69) is 10.5 Å². The van der Waals surface area contributed by atoms with E-state index in [9.17, 15) is 9.18 Å². The first-order valence-corrected chi connectivity index (χ1v) is 6.23. The SMILES string of the molecule is NC(=NO)c1ccc(C(=O)Nc2ccc(Cl)cc2F)cc1. The number of nitrogens with one attached hydrogen (secondary N) is 1. The highest BCUT2D eigenvalue weighted by molar-refractivity contribution is 6.30. The van der Waals surface area contributed by atoms with Crippen LogP contribution in [0.2, 0.25) is 5.02 Å². The summed E-state index contributed by atoms with van der Waals surface area (Å²) in [6.07, 6.45) is 0. The molecular weight excluding hydrogens is 297 g/mol. The number of benzene rings is 2. The number of halogens is 2. The summed E-state index contributed by atoms with van der Waals surface area (Å²) in [5, 5.41) is 14.1. The van der Waals surface area contributed by atoms with Crippen molar-refractivity contribution in [1.82, 2.24) is 0 Å². The summed E-state index contributed by atoms with van der Waals surface area (Å²) in [6, 6.07) is 9.96. The van der Waals surface area contributed by atoms with Crippen LogP contribution in [0.5, 0.6) is 0 Å². The molecule has 2 rings (SSSR count). The molecule has 0 saturated heterocycles. The van der Waals surface area contributed by atoms with Crippen molar-refractivity contribution >= 4 is 29.0 Å². The van der Waals surface area contributed by atoms with Crippen LogP contribution in [-0.2, 0) is 0 Å². The Morgan fingerprint density at radius 2 is 1.81 bits per heavy atom. The molecule has 108 valence electrons. The molecule has 0 aliphatic heterocycles. The second-order valence-electron chi connectivity index (χ2n) is 4.14. The van der Waals surface area contributed by atoms with Crippen LogP contribution in [-0.4, -0.2) is 17.0 Å². The molecule has 7 heteroatoms. The van der Waals surface area contributed by atoms with Crippen molar-refractivity contribution in [3.05, 3.63) is 64.4 Å². The monoisotopic (exact) mass is 307 g/mol. The number of amidine groups is 1. The van der Waals surface area contributed by atoms with Crippen LogP contribution in [0.3, 0.4) is 0 Å². The maximum Gasteiger partial charge on any atom is 0.255 e. The highest BCUT2D eigenvalue weighted by Gasteiger charge is 2.10. The third kappa shape index (κ3) is 3.49. The minimum absolute atomic E-state index is 0.0323. The Bertz CT molecular complexity index is 702. The molecule has 0 aliphatic carbocycles. The predicted molar refractivity (Wildman–Crippen MR) is 78.3 cm³/mol. The van der Waals surface area contributed by atoms with Crippen molar-refractivity contribution in [2.45, 2.75) is 0 Å². The standard InChI is InChI=1S/C14H11ClFN3O2/c15-10-5-6-12(11(16)7-10)18-14(20)9-3-1-8(2-4-9)13(17)19-21/h1-7,21H,(H2,17,19)(H,18,20). The van der Waals surface area contributed by atoms with E-state index in [-0.39, 0.29) is 16.5 Å². The fraction of sp³-hybridized carbons (Fsp3) is 0. The lowest BCUT2D eigenvalue weighted by atomic mass is 10.1. The Balaban J connectivity index is 2.17. The normalized spacial score (nSPS) is 11.2. The number of oxime groups is 1. The van der Waals surface area contributed by atoms with Crippen LogP contribution in [0, 0.1) is 5.82 Å². The lowest BCUT2D eigenvalue weighted by Crippen LogP contribution is -2.15. The maximum atomic E-state index is 13.6. The molecule has 0 atom stereocenters. The number of nitrogens with two attached hydrogens (primary N) is 1. The smallest absolute Gasteiger partial charge is 0.255 e. The van der Waals surface area contributed by atoms with Gasteiger partial charge >= 0.3 is 0 Å². The minimum atomic E-state index is -0.621. The van der Waals surface area contributed by atoms with E-state index in [0.29, 0.717) is 11.1 Å². The quantitative estimate of drug-likeness (QED) is 0.352. The molecule has 1 amide bonds. The van der Waals surface area contributed by atoms with Gasteiger partial charge in [-0.3, -0.25) is 4.79 Å². The fourth-order valence-electron chi connectivity index (χ4n) is 1.64. The fourth-order valence-corrected chi connectivity index (χ4v) is 1.79. The minimum Gasteiger partial charge on any atom is -0.409 e. The van der Waals surface area contributed by atoms with E-state index >= 15 is 0 Å². The van der Waals surface area contributed by atoms with Crippen molar-refractivity contribution in [2.24, 2.45) is 10.9 Å². The molecule has 0 saturated carbocycles. The van der Waals surface area contributed by atoms with Crippen molar-refractivity contribution in [3.63, 3.8) is 0 Å². The van der Waals surface area contributed by atoms with Gasteiger partial charge in [-0.1, -0.05) is 28.9 Å². The van der Waals surface area contributed by atoms with Gasteiger partial charge in [0.15, 0.2) is 5.84 Å². The molecule has 2 aromatic rings. The Labute approximate surface area is 124 Å². The molecule has 5 nitrogen and oxygen atoms in total. The average Bonchev–Trinajstić information content (AvgIpc) is 2.49. The number of amides is 1. The van der Waals surface area contributed by atoms with Gasteiger partial charge in [-0.2, -0.15) is 0 Å². The Kier molecular flexibility index (Phi) is 4.39. The highest BCUT2D eigenvalue weighted by atomic mass is 35.5. The molecule has 2 aromatic carbocycles. The van der Waals surface area contributed by atoms with Crippen molar-refractivity contribution in [3.8, 4) is 0 Å². The summed E-state index contributed by atoms with van der Waals surface area (Å²) in [5.74, 6) is -1.17. The molecule has 0 radical (unpaired) electrons. The van der Waals surface area contributed by atoms with Gasteiger partial charge < -0.3 is 16.3 Å². The number of carbonyl (C=O) groups excluding carboxylic acids is 1. The zero-order chi connectivity index (χ0) is 15.4. The molecule has 0 unspecified atom stereocenters. The number of carbonyl (C=O) groups is 1. The summed E-state index contributed by atoms with van der Waals surface area (Å²) >= 11 is 5.64. The summed E-state index contributed by atoms with van der Waals surface area (Å²) in [4.78, 5) is 12.0. The molecule has 0 spiro atoms. The molecule has 0 bridgehead atoms. The van der Waals surface area contributed by atoms with Crippen molar-refractivity contribution < 1.29 is 14.4 Å². The number of nitrogens with zero attached hydrogens (tertiary/aromatic N) is 1. The predicted octanol–water partition coefficient (Wildman–Crippen LogP) is 2.83. The van der Waals surface area contributed by atoms with Gasteiger partial charge in [0.25, 0.3) is 5.91 Å². The molecular formula is C14H11ClFN3O2. The van der Waals surface area contributed by atoms with E-state index in [4.69, 9.17) is 22.5 Å². The Hall–Kier alpha value is -2.60. The van der Waals surface area contributed by atoms with Gasteiger partial charge in [0.05, 0.1) is 5.69 Å². The van der Waals surface area contributed by atoms with Gasteiger partial charge in [0, 0.05) is 16.1 Å². The van der Waals surface area contributed by atoms with Crippen molar-refractivity contribution in [2.75, 3.05) is 5.32 Å². The third-order valence-electron chi connectivity index (χ3n) is 2.73. The van der Waals surface area contributed by atoms with Crippen LogP contribution >= 0.6 is 11.6 Å². The third-order valence-corrected chi connectivity index (χ3v) is 2.97. The maximum absolute atomic E-state index is 13.6. The number of rotatable bonds is 3. The molecule has 21 heavy (non-hydrogen) atoms. The van der Waals surface area contributed by atoms with E-state index in [1.165, 1.54) is 36.4 Å². The van der Waals surface area contributed by atoms with Gasteiger partial charge in [-0.15, -0.1) is 0 Å². The van der Waals surface area contributed by atoms with Crippen LogP contribution in [0.1, 0.15) is 15.9 Å². The molecule has 0 fully saturated rings. The van der Waals surface area contributed by atoms with Crippen molar-refractivity contribution in [1.29, 1.82) is 0 Å². The van der Waals surface area contributed by atoms with Gasteiger partial charge in [0.2, 0.25) is 0 Å². The second-order valence-corrected chi connectivity index (χ2v) is 4.58. The zero-order valence-electron chi connectivity index (χ0n) is 10.7. The Morgan fingerprint density at radius 1 is 1.19 bits per heavy atom. The highest BCUT2D eigenvalue weighted by Crippen LogP contribution is 2.19.